The van der Waals surface area contributed by atoms with E-state index >= 15 is 0 Å². The molecule has 2 aromatic rings. The summed E-state index contributed by atoms with van der Waals surface area (Å²) in [6.07, 6.45) is 3.98. The average molecular weight is 365 g/mol. The molecule has 0 radical (unpaired) electrons. The third-order valence-electron chi connectivity index (χ3n) is 4.22. The van der Waals surface area contributed by atoms with E-state index in [1.165, 1.54) is 0 Å². The fourth-order valence-corrected chi connectivity index (χ4v) is 2.68. The quantitative estimate of drug-likeness (QED) is 0.650. The number of aryl methyl sites for hydroxylation is 1. The number of nitrogens with zero attached hydrogens (tertiary/aromatic N) is 1. The van der Waals surface area contributed by atoms with Crippen LogP contribution in [0, 0.1) is 6.92 Å². The average Bonchev–Trinajstić information content (AvgIpc) is 2.96. The van der Waals surface area contributed by atoms with Crippen LogP contribution in [-0.4, -0.2) is 28.0 Å². The van der Waals surface area contributed by atoms with E-state index in [0.717, 1.165) is 22.3 Å². The van der Waals surface area contributed by atoms with Gasteiger partial charge in [0, 0.05) is 12.8 Å². The first kappa shape index (κ1) is 18.4. The predicted octanol–water partition coefficient (Wildman–Crippen LogP) is 3.02. The van der Waals surface area contributed by atoms with Crippen molar-refractivity contribution in [2.75, 3.05) is 0 Å². The SMILES string of the molecule is Cc1cc(/C=C/c2ccc(CC(=O)ON3C(=O)CCC3=O)cc2)ccc1O. The van der Waals surface area contributed by atoms with Crippen LogP contribution in [0.4, 0.5) is 0 Å². The maximum absolute atomic E-state index is 11.9. The summed E-state index contributed by atoms with van der Waals surface area (Å²) in [6.45, 7) is 1.84. The second-order valence-electron chi connectivity index (χ2n) is 6.34. The molecular weight excluding hydrogens is 346 g/mol. The molecule has 0 saturated carbocycles. The van der Waals surface area contributed by atoms with E-state index < -0.39 is 17.8 Å². The highest BCUT2D eigenvalue weighted by atomic mass is 16.7. The molecule has 0 aromatic heterocycles. The zero-order chi connectivity index (χ0) is 19.4. The van der Waals surface area contributed by atoms with Crippen LogP contribution >= 0.6 is 0 Å². The fourth-order valence-electron chi connectivity index (χ4n) is 2.68. The normalized spacial score (nSPS) is 14.2. The summed E-state index contributed by atoms with van der Waals surface area (Å²) in [5.74, 6) is -1.36. The second kappa shape index (κ2) is 7.86. The molecule has 1 aliphatic rings. The molecule has 6 heteroatoms. The smallest absolute Gasteiger partial charge is 0.337 e. The van der Waals surface area contributed by atoms with Gasteiger partial charge in [-0.2, -0.15) is 0 Å². The largest absolute Gasteiger partial charge is 0.508 e. The lowest BCUT2D eigenvalue weighted by molar-refractivity contribution is -0.197. The molecule has 0 atom stereocenters. The third kappa shape index (κ3) is 4.61. The highest BCUT2D eigenvalue weighted by Crippen LogP contribution is 2.19. The first-order chi connectivity index (χ1) is 12.9. The molecule has 1 N–H and O–H groups in total. The number of carbonyl (C=O) groups is 3. The minimum absolute atomic E-state index is 0.0296. The van der Waals surface area contributed by atoms with Gasteiger partial charge in [-0.15, -0.1) is 5.06 Å². The Balaban J connectivity index is 1.59. The zero-order valence-corrected chi connectivity index (χ0v) is 14.8. The van der Waals surface area contributed by atoms with Crippen LogP contribution in [0.15, 0.2) is 42.5 Å². The highest BCUT2D eigenvalue weighted by Gasteiger charge is 2.32. The molecule has 0 spiro atoms. The van der Waals surface area contributed by atoms with Crippen molar-refractivity contribution in [3.05, 3.63) is 64.7 Å². The Kier molecular flexibility index (Phi) is 5.35. The summed E-state index contributed by atoms with van der Waals surface area (Å²) in [7, 11) is 0. The van der Waals surface area contributed by atoms with Crippen molar-refractivity contribution in [3.63, 3.8) is 0 Å². The van der Waals surface area contributed by atoms with Gasteiger partial charge in [0.15, 0.2) is 0 Å². The zero-order valence-electron chi connectivity index (χ0n) is 14.8. The highest BCUT2D eigenvalue weighted by molar-refractivity contribution is 6.01. The molecule has 0 aliphatic carbocycles. The minimum atomic E-state index is -0.651. The van der Waals surface area contributed by atoms with E-state index in [9.17, 15) is 19.5 Å². The number of hydroxylamine groups is 2. The van der Waals surface area contributed by atoms with Gasteiger partial charge >= 0.3 is 5.97 Å². The van der Waals surface area contributed by atoms with E-state index in [0.29, 0.717) is 5.06 Å². The van der Waals surface area contributed by atoms with Crippen molar-refractivity contribution in [3.8, 4) is 5.75 Å². The molecule has 1 heterocycles. The molecule has 0 bridgehead atoms. The molecule has 138 valence electrons. The Morgan fingerprint density at radius 2 is 1.63 bits per heavy atom. The molecule has 2 aromatic carbocycles. The van der Waals surface area contributed by atoms with Crippen molar-refractivity contribution in [1.29, 1.82) is 0 Å². The summed E-state index contributed by atoms with van der Waals surface area (Å²) in [5, 5.41) is 10.1. The number of hydrogen-bond donors (Lipinski definition) is 1. The Morgan fingerprint density at radius 1 is 1.04 bits per heavy atom. The number of benzene rings is 2. The van der Waals surface area contributed by atoms with E-state index in [2.05, 4.69) is 0 Å². The second-order valence-corrected chi connectivity index (χ2v) is 6.34. The van der Waals surface area contributed by atoms with E-state index in [1.54, 1.807) is 18.2 Å². The van der Waals surface area contributed by atoms with Crippen molar-refractivity contribution in [2.24, 2.45) is 0 Å². The van der Waals surface area contributed by atoms with Crippen LogP contribution < -0.4 is 0 Å². The molecule has 1 fully saturated rings. The van der Waals surface area contributed by atoms with Gasteiger partial charge in [-0.1, -0.05) is 42.5 Å². The monoisotopic (exact) mass is 365 g/mol. The first-order valence-corrected chi connectivity index (χ1v) is 8.55. The number of phenolic OH excluding ortho intramolecular Hbond substituents is 1. The number of carbonyl (C=O) groups excluding carboxylic acids is 3. The van der Waals surface area contributed by atoms with Crippen LogP contribution in [0.25, 0.3) is 12.2 Å². The van der Waals surface area contributed by atoms with Crippen LogP contribution in [0.2, 0.25) is 0 Å². The predicted molar refractivity (Wildman–Crippen MR) is 99.1 cm³/mol. The number of amides is 2. The van der Waals surface area contributed by atoms with Gasteiger partial charge in [0.25, 0.3) is 11.8 Å². The number of rotatable bonds is 5. The van der Waals surface area contributed by atoms with E-state index in [1.807, 2.05) is 43.3 Å². The minimum Gasteiger partial charge on any atom is -0.508 e. The Bertz CT molecular complexity index is 899. The molecular formula is C21H19NO5. The van der Waals surface area contributed by atoms with Crippen LogP contribution in [0.1, 0.15) is 35.1 Å². The summed E-state index contributed by atoms with van der Waals surface area (Å²) in [5.41, 5.74) is 3.44. The van der Waals surface area contributed by atoms with Gasteiger partial charge in [0.05, 0.1) is 6.42 Å². The fraction of sp³-hybridized carbons (Fsp3) is 0.190. The molecule has 1 saturated heterocycles. The van der Waals surface area contributed by atoms with Gasteiger partial charge in [0.2, 0.25) is 0 Å². The van der Waals surface area contributed by atoms with Crippen molar-refractivity contribution in [1.82, 2.24) is 5.06 Å². The van der Waals surface area contributed by atoms with Gasteiger partial charge in [-0.05, 0) is 41.3 Å². The summed E-state index contributed by atoms with van der Waals surface area (Å²) in [4.78, 5) is 39.7. The number of aromatic hydroxyl groups is 1. The van der Waals surface area contributed by atoms with Gasteiger partial charge in [-0.3, -0.25) is 9.59 Å². The lowest BCUT2D eigenvalue weighted by Gasteiger charge is -2.12. The molecule has 3 rings (SSSR count). The molecule has 2 amide bonds. The lowest BCUT2D eigenvalue weighted by Crippen LogP contribution is -2.32. The van der Waals surface area contributed by atoms with Crippen LogP contribution in [-0.2, 0) is 25.6 Å². The molecule has 1 aliphatic heterocycles. The lowest BCUT2D eigenvalue weighted by atomic mass is 10.1. The van der Waals surface area contributed by atoms with Crippen molar-refractivity contribution >= 4 is 29.9 Å². The van der Waals surface area contributed by atoms with Crippen molar-refractivity contribution in [2.45, 2.75) is 26.2 Å². The van der Waals surface area contributed by atoms with Crippen molar-refractivity contribution < 1.29 is 24.3 Å². The first-order valence-electron chi connectivity index (χ1n) is 8.55. The standard InChI is InChI=1S/C21H19NO5/c1-14-12-16(8-9-18(14)23)5-2-15-3-6-17(7-4-15)13-21(26)27-22-19(24)10-11-20(22)25/h2-9,12,23H,10-11,13H2,1H3/b5-2+. The molecule has 0 unspecified atom stereocenters. The Labute approximate surface area is 156 Å². The number of hydrogen-bond acceptors (Lipinski definition) is 5. The molecule has 6 nitrogen and oxygen atoms in total. The molecule has 27 heavy (non-hydrogen) atoms. The topological polar surface area (TPSA) is 83.9 Å². The van der Waals surface area contributed by atoms with Crippen LogP contribution in [0.3, 0.4) is 0 Å². The summed E-state index contributed by atoms with van der Waals surface area (Å²) >= 11 is 0. The van der Waals surface area contributed by atoms with E-state index in [4.69, 9.17) is 4.84 Å². The number of imide groups is 1. The maximum Gasteiger partial charge on any atom is 0.337 e. The third-order valence-corrected chi connectivity index (χ3v) is 4.22. The van der Waals surface area contributed by atoms with E-state index in [-0.39, 0.29) is 25.0 Å². The van der Waals surface area contributed by atoms with Crippen LogP contribution in [0.5, 0.6) is 5.75 Å². The maximum atomic E-state index is 11.9. The van der Waals surface area contributed by atoms with Gasteiger partial charge < -0.3 is 9.94 Å². The summed E-state index contributed by atoms with van der Waals surface area (Å²) in [6, 6.07) is 12.7. The summed E-state index contributed by atoms with van der Waals surface area (Å²) < 4.78 is 0. The number of phenols is 1. The van der Waals surface area contributed by atoms with Gasteiger partial charge in [0.1, 0.15) is 5.75 Å². The Hall–Kier alpha value is -3.41. The van der Waals surface area contributed by atoms with Gasteiger partial charge in [-0.25, -0.2) is 4.79 Å². The Morgan fingerprint density at radius 3 is 2.26 bits per heavy atom.